The van der Waals surface area contributed by atoms with Gasteiger partial charge in [0, 0.05) is 12.8 Å². The fourth-order valence-corrected chi connectivity index (χ4v) is 8.89. The summed E-state index contributed by atoms with van der Waals surface area (Å²) in [6.45, 7) is 22.9. The highest BCUT2D eigenvalue weighted by atomic mass is 32.1. The topological polar surface area (TPSA) is 25.8 Å². The third-order valence-corrected chi connectivity index (χ3v) is 12.2. The van der Waals surface area contributed by atoms with Gasteiger partial charge in [0.2, 0.25) is 0 Å². The first kappa shape index (κ1) is 25.7. The summed E-state index contributed by atoms with van der Waals surface area (Å²) in [4.78, 5) is 12.5. The Morgan fingerprint density at radius 2 is 0.658 bits per heavy atom. The first-order valence-electron chi connectivity index (χ1n) is 13.8. The van der Waals surface area contributed by atoms with E-state index in [-0.39, 0.29) is 0 Å². The molecular formula is C34H38N2S2. The van der Waals surface area contributed by atoms with Crippen molar-refractivity contribution in [2.75, 3.05) is 0 Å². The Balaban J connectivity index is 1.26. The molecule has 4 heteroatoms. The van der Waals surface area contributed by atoms with Crippen molar-refractivity contribution in [1.29, 1.82) is 0 Å². The van der Waals surface area contributed by atoms with E-state index in [0.29, 0.717) is 0 Å². The molecule has 0 aromatic carbocycles. The molecule has 0 atom stereocenters. The Kier molecular flexibility index (Phi) is 6.08. The number of hydrogen-bond acceptors (Lipinski definition) is 4. The summed E-state index contributed by atoms with van der Waals surface area (Å²) in [6.07, 6.45) is 4.18. The highest BCUT2D eigenvalue weighted by molar-refractivity contribution is 7.27. The first-order chi connectivity index (χ1) is 18.0. The molecule has 0 unspecified atom stereocenters. The maximum atomic E-state index is 5.17. The minimum Gasteiger partial charge on any atom is -0.224 e. The van der Waals surface area contributed by atoms with Gasteiger partial charge in [0.1, 0.15) is 10.0 Å². The molecule has 2 aromatic heterocycles. The predicted octanol–water partition coefficient (Wildman–Crippen LogP) is 10.9. The van der Waals surface area contributed by atoms with Crippen LogP contribution in [0, 0.1) is 0 Å². The van der Waals surface area contributed by atoms with Crippen LogP contribution in [0.1, 0.15) is 105 Å². The van der Waals surface area contributed by atoms with Crippen molar-refractivity contribution in [3.63, 3.8) is 0 Å². The number of aromatic nitrogens is 2. The van der Waals surface area contributed by atoms with Crippen LogP contribution in [0.5, 0.6) is 0 Å². The molecule has 0 saturated heterocycles. The van der Waals surface area contributed by atoms with E-state index in [0.717, 1.165) is 45.4 Å². The SMILES string of the molecule is CC1=C(C)C(C)=C(C2=C(C)C(C)=C(c3nc4sc(C5=C(C)C(C)=C(C6=C(C)C(C)=C(C)C6)C5)nc4s3)C2)C1. The summed E-state index contributed by atoms with van der Waals surface area (Å²) in [5, 5.41) is 2.32. The van der Waals surface area contributed by atoms with Gasteiger partial charge in [-0.2, -0.15) is 0 Å². The summed E-state index contributed by atoms with van der Waals surface area (Å²) in [7, 11) is 0. The summed E-state index contributed by atoms with van der Waals surface area (Å²) in [6, 6.07) is 0. The van der Waals surface area contributed by atoms with Gasteiger partial charge in [-0.05, 0) is 160 Å². The second-order valence-corrected chi connectivity index (χ2v) is 13.7. The van der Waals surface area contributed by atoms with Crippen molar-refractivity contribution in [3.8, 4) is 0 Å². The molecule has 0 N–H and O–H groups in total. The highest BCUT2D eigenvalue weighted by Crippen LogP contribution is 2.50. The average molecular weight is 539 g/mol. The molecule has 0 aliphatic heterocycles. The molecule has 38 heavy (non-hydrogen) atoms. The van der Waals surface area contributed by atoms with Gasteiger partial charge < -0.3 is 0 Å². The van der Waals surface area contributed by atoms with E-state index in [1.165, 1.54) is 78.0 Å². The highest BCUT2D eigenvalue weighted by Gasteiger charge is 2.30. The van der Waals surface area contributed by atoms with Crippen LogP contribution in [0.4, 0.5) is 0 Å². The molecule has 2 aromatic rings. The lowest BCUT2D eigenvalue weighted by atomic mass is 9.95. The van der Waals surface area contributed by atoms with E-state index in [1.807, 2.05) is 0 Å². The number of rotatable bonds is 4. The molecule has 4 aliphatic carbocycles. The van der Waals surface area contributed by atoms with Crippen LogP contribution < -0.4 is 0 Å². The van der Waals surface area contributed by atoms with E-state index in [9.17, 15) is 0 Å². The largest absolute Gasteiger partial charge is 0.224 e. The normalized spacial score (nSPS) is 21.2. The second-order valence-electron chi connectivity index (χ2n) is 11.8. The lowest BCUT2D eigenvalue weighted by molar-refractivity contribution is 1.10. The lowest BCUT2D eigenvalue weighted by Gasteiger charge is -2.10. The first-order valence-corrected chi connectivity index (χ1v) is 15.4. The molecule has 2 nitrogen and oxygen atoms in total. The third-order valence-electron chi connectivity index (χ3n) is 10.1. The standard InChI is InChI=1S/C34H38N2S2/c1-15-11-25(19(5)17(15)3)27-13-29(23(9)21(27)7)31-35-33-34(37-31)36-32(38-33)30-14-28(22(8)24(30)10)26-12-16(2)18(4)20(26)6/h11-14H2,1-10H3. The van der Waals surface area contributed by atoms with Gasteiger partial charge in [-0.3, -0.25) is 0 Å². The van der Waals surface area contributed by atoms with Crippen molar-refractivity contribution in [1.82, 2.24) is 9.97 Å². The Hall–Kier alpha value is -2.56. The predicted molar refractivity (Wildman–Crippen MR) is 166 cm³/mol. The number of hydrogen-bond donors (Lipinski definition) is 0. The van der Waals surface area contributed by atoms with Gasteiger partial charge in [-0.1, -0.05) is 33.8 Å². The van der Waals surface area contributed by atoms with E-state index in [4.69, 9.17) is 9.97 Å². The van der Waals surface area contributed by atoms with Crippen molar-refractivity contribution < 1.29 is 0 Å². The molecule has 2 heterocycles. The summed E-state index contributed by atoms with van der Waals surface area (Å²) in [5.41, 5.74) is 23.6. The van der Waals surface area contributed by atoms with Gasteiger partial charge in [-0.25, -0.2) is 9.97 Å². The van der Waals surface area contributed by atoms with Crippen LogP contribution in [0.25, 0.3) is 20.8 Å². The molecule has 196 valence electrons. The maximum Gasteiger partial charge on any atom is 0.155 e. The summed E-state index contributed by atoms with van der Waals surface area (Å²) >= 11 is 3.56. The zero-order valence-electron chi connectivity index (χ0n) is 24.5. The smallest absolute Gasteiger partial charge is 0.155 e. The molecular weight excluding hydrogens is 501 g/mol. The van der Waals surface area contributed by atoms with Crippen LogP contribution in [0.15, 0.2) is 78.0 Å². The van der Waals surface area contributed by atoms with E-state index < -0.39 is 0 Å². The average Bonchev–Trinajstić information content (AvgIpc) is 3.69. The van der Waals surface area contributed by atoms with Crippen molar-refractivity contribution >= 4 is 43.5 Å². The molecule has 0 amide bonds. The molecule has 0 saturated carbocycles. The number of thiazole rings is 2. The van der Waals surface area contributed by atoms with Gasteiger partial charge in [-0.15, -0.1) is 0 Å². The fourth-order valence-electron chi connectivity index (χ4n) is 6.65. The van der Waals surface area contributed by atoms with E-state index in [1.54, 1.807) is 33.8 Å². The van der Waals surface area contributed by atoms with Crippen LogP contribution in [-0.4, -0.2) is 9.97 Å². The van der Waals surface area contributed by atoms with Gasteiger partial charge >= 0.3 is 0 Å². The van der Waals surface area contributed by atoms with Crippen molar-refractivity contribution in [2.24, 2.45) is 0 Å². The number of nitrogens with zero attached hydrogens (tertiary/aromatic N) is 2. The summed E-state index contributed by atoms with van der Waals surface area (Å²) in [5.74, 6) is 0. The number of fused-ring (bicyclic) bond motifs is 1. The Morgan fingerprint density at radius 1 is 0.368 bits per heavy atom. The van der Waals surface area contributed by atoms with Gasteiger partial charge in [0.25, 0.3) is 0 Å². The molecule has 0 spiro atoms. The Labute approximate surface area is 235 Å². The number of allylic oxidation sites excluding steroid dienone is 16. The molecule has 4 aliphatic rings. The van der Waals surface area contributed by atoms with Crippen molar-refractivity contribution in [2.45, 2.75) is 94.9 Å². The van der Waals surface area contributed by atoms with Crippen LogP contribution in [0.3, 0.4) is 0 Å². The zero-order valence-corrected chi connectivity index (χ0v) is 26.2. The van der Waals surface area contributed by atoms with E-state index >= 15 is 0 Å². The molecule has 0 radical (unpaired) electrons. The fraction of sp³-hybridized carbons (Fsp3) is 0.412. The lowest BCUT2D eigenvalue weighted by Crippen LogP contribution is -1.91. The maximum absolute atomic E-state index is 5.17. The minimum atomic E-state index is 0.997. The quantitative estimate of drug-likeness (QED) is 0.387. The summed E-state index contributed by atoms with van der Waals surface area (Å²) < 4.78 is 0. The molecule has 6 rings (SSSR count). The molecule has 0 bridgehead atoms. The Bertz CT molecular complexity index is 1570. The second kappa shape index (κ2) is 8.99. The van der Waals surface area contributed by atoms with E-state index in [2.05, 4.69) is 69.2 Å². The van der Waals surface area contributed by atoms with Crippen LogP contribution >= 0.6 is 22.7 Å². The molecule has 0 fully saturated rings. The zero-order chi connectivity index (χ0) is 27.2. The van der Waals surface area contributed by atoms with Gasteiger partial charge in [0.05, 0.1) is 0 Å². The third kappa shape index (κ3) is 3.71. The van der Waals surface area contributed by atoms with Crippen molar-refractivity contribution in [3.05, 3.63) is 88.0 Å². The minimum absolute atomic E-state index is 0.997. The van der Waals surface area contributed by atoms with Crippen LogP contribution in [0.2, 0.25) is 0 Å². The monoisotopic (exact) mass is 538 g/mol. The van der Waals surface area contributed by atoms with Crippen LogP contribution in [-0.2, 0) is 0 Å². The van der Waals surface area contributed by atoms with Gasteiger partial charge in [0.15, 0.2) is 9.66 Å². The Morgan fingerprint density at radius 3 is 0.974 bits per heavy atom.